The average Bonchev–Trinajstić information content (AvgIpc) is 2.87. The van der Waals surface area contributed by atoms with Gasteiger partial charge in [-0.25, -0.2) is 9.59 Å². The van der Waals surface area contributed by atoms with E-state index in [9.17, 15) is 9.59 Å². The first kappa shape index (κ1) is 14.6. The molecule has 0 radical (unpaired) electrons. The number of amides is 2. The van der Waals surface area contributed by atoms with E-state index in [1.165, 1.54) is 21.6 Å². The van der Waals surface area contributed by atoms with Crippen LogP contribution in [0.25, 0.3) is 0 Å². The standard InChI is InChI=1S/C13H17N3O3S/c1-9-4-3-5-10(14-9)6-15(2)13(19)16-8-20-7-11(16)12(17)18/h3-5,11H,6-8H2,1-2H3,(H,17,18). The normalized spacial score (nSPS) is 18.1. The number of thioether (sulfide) groups is 1. The molecule has 2 rings (SSSR count). The summed E-state index contributed by atoms with van der Waals surface area (Å²) < 4.78 is 0. The Morgan fingerprint density at radius 1 is 1.55 bits per heavy atom. The van der Waals surface area contributed by atoms with Gasteiger partial charge in [0.2, 0.25) is 0 Å². The minimum Gasteiger partial charge on any atom is -0.480 e. The van der Waals surface area contributed by atoms with Gasteiger partial charge in [0.25, 0.3) is 0 Å². The molecule has 1 unspecified atom stereocenters. The van der Waals surface area contributed by atoms with Gasteiger partial charge in [0.05, 0.1) is 18.1 Å². The highest BCUT2D eigenvalue weighted by Crippen LogP contribution is 2.22. The number of carbonyl (C=O) groups excluding carboxylic acids is 1. The van der Waals surface area contributed by atoms with Gasteiger partial charge in [0.15, 0.2) is 0 Å². The van der Waals surface area contributed by atoms with Crippen molar-refractivity contribution in [3.63, 3.8) is 0 Å². The van der Waals surface area contributed by atoms with Gasteiger partial charge in [-0.05, 0) is 19.1 Å². The first-order valence-corrected chi connectivity index (χ1v) is 7.39. The van der Waals surface area contributed by atoms with Crippen LogP contribution in [0.3, 0.4) is 0 Å². The molecule has 0 spiro atoms. The van der Waals surface area contributed by atoms with E-state index >= 15 is 0 Å². The van der Waals surface area contributed by atoms with Crippen LogP contribution in [0.4, 0.5) is 4.79 Å². The fraction of sp³-hybridized carbons (Fsp3) is 0.462. The second kappa shape index (κ2) is 6.13. The lowest BCUT2D eigenvalue weighted by atomic mass is 10.3. The van der Waals surface area contributed by atoms with E-state index in [1.807, 2.05) is 25.1 Å². The molecule has 1 fully saturated rings. The van der Waals surface area contributed by atoms with Crippen LogP contribution in [-0.2, 0) is 11.3 Å². The average molecular weight is 295 g/mol. The van der Waals surface area contributed by atoms with Crippen molar-refractivity contribution in [1.82, 2.24) is 14.8 Å². The molecule has 0 saturated carbocycles. The molecule has 0 bridgehead atoms. The van der Waals surface area contributed by atoms with Gasteiger partial charge < -0.3 is 14.9 Å². The number of aliphatic carboxylic acids is 1. The monoisotopic (exact) mass is 295 g/mol. The molecule has 6 nitrogen and oxygen atoms in total. The summed E-state index contributed by atoms with van der Waals surface area (Å²) in [6.45, 7) is 2.26. The number of hydrogen-bond donors (Lipinski definition) is 1. The molecule has 1 aromatic heterocycles. The van der Waals surface area contributed by atoms with Crippen LogP contribution < -0.4 is 0 Å². The zero-order valence-corrected chi connectivity index (χ0v) is 12.3. The third kappa shape index (κ3) is 3.22. The van der Waals surface area contributed by atoms with Crippen LogP contribution in [0.1, 0.15) is 11.4 Å². The topological polar surface area (TPSA) is 73.7 Å². The predicted molar refractivity (Wildman–Crippen MR) is 76.4 cm³/mol. The highest BCUT2D eigenvalue weighted by molar-refractivity contribution is 7.99. The van der Waals surface area contributed by atoms with E-state index in [1.54, 1.807) is 7.05 Å². The van der Waals surface area contributed by atoms with Crippen molar-refractivity contribution in [2.45, 2.75) is 19.5 Å². The highest BCUT2D eigenvalue weighted by Gasteiger charge is 2.35. The Balaban J connectivity index is 2.03. The lowest BCUT2D eigenvalue weighted by molar-refractivity contribution is -0.140. The predicted octanol–water partition coefficient (Wildman–Crippen LogP) is 1.40. The molecule has 2 amide bonds. The number of aromatic nitrogens is 1. The first-order valence-electron chi connectivity index (χ1n) is 6.24. The number of carboxylic acid groups (broad SMARTS) is 1. The molecule has 1 aliphatic heterocycles. The fourth-order valence-corrected chi connectivity index (χ4v) is 3.19. The molecule has 7 heteroatoms. The van der Waals surface area contributed by atoms with Gasteiger partial charge in [0, 0.05) is 18.5 Å². The largest absolute Gasteiger partial charge is 0.480 e. The molecule has 1 N–H and O–H groups in total. The molecular weight excluding hydrogens is 278 g/mol. The molecule has 20 heavy (non-hydrogen) atoms. The smallest absolute Gasteiger partial charge is 0.327 e. The number of rotatable bonds is 3. The van der Waals surface area contributed by atoms with E-state index in [-0.39, 0.29) is 6.03 Å². The summed E-state index contributed by atoms with van der Waals surface area (Å²) in [5, 5.41) is 9.10. The zero-order valence-electron chi connectivity index (χ0n) is 11.4. The number of pyridine rings is 1. The van der Waals surface area contributed by atoms with Gasteiger partial charge in [-0.15, -0.1) is 11.8 Å². The summed E-state index contributed by atoms with van der Waals surface area (Å²) in [5.74, 6) is -0.0932. The first-order chi connectivity index (χ1) is 9.49. The lowest BCUT2D eigenvalue weighted by Crippen LogP contribution is -2.47. The van der Waals surface area contributed by atoms with Gasteiger partial charge in [-0.3, -0.25) is 4.98 Å². The minimum atomic E-state index is -0.953. The van der Waals surface area contributed by atoms with E-state index in [0.717, 1.165) is 11.4 Å². The molecule has 0 aromatic carbocycles. The highest BCUT2D eigenvalue weighted by atomic mass is 32.2. The molecule has 1 aromatic rings. The SMILES string of the molecule is Cc1cccc(CN(C)C(=O)N2CSCC2C(=O)O)n1. The van der Waals surface area contributed by atoms with Crippen LogP contribution >= 0.6 is 11.8 Å². The minimum absolute atomic E-state index is 0.272. The summed E-state index contributed by atoms with van der Waals surface area (Å²) in [6, 6.07) is 4.63. The number of carboxylic acids is 1. The molecule has 1 aliphatic rings. The maximum absolute atomic E-state index is 12.3. The quantitative estimate of drug-likeness (QED) is 0.912. The third-order valence-corrected chi connectivity index (χ3v) is 4.10. The van der Waals surface area contributed by atoms with Gasteiger partial charge >= 0.3 is 12.0 Å². The number of carbonyl (C=O) groups is 2. The number of aryl methyl sites for hydroxylation is 1. The van der Waals surface area contributed by atoms with Crippen molar-refractivity contribution in [2.75, 3.05) is 18.7 Å². The Labute approximate surface area is 121 Å². The van der Waals surface area contributed by atoms with Gasteiger partial charge in [-0.2, -0.15) is 0 Å². The van der Waals surface area contributed by atoms with Crippen molar-refractivity contribution in [1.29, 1.82) is 0 Å². The maximum atomic E-state index is 12.3. The van der Waals surface area contributed by atoms with Gasteiger partial charge in [0.1, 0.15) is 6.04 Å². The van der Waals surface area contributed by atoms with E-state index in [0.29, 0.717) is 18.2 Å². The molecule has 1 atom stereocenters. The Morgan fingerprint density at radius 3 is 2.95 bits per heavy atom. The second-order valence-electron chi connectivity index (χ2n) is 4.73. The summed E-state index contributed by atoms with van der Waals surface area (Å²) in [4.78, 5) is 30.6. The van der Waals surface area contributed by atoms with Crippen LogP contribution in [-0.4, -0.2) is 56.6 Å². The molecular formula is C13H17N3O3S. The van der Waals surface area contributed by atoms with Crippen LogP contribution in [0, 0.1) is 6.92 Å². The van der Waals surface area contributed by atoms with Crippen molar-refractivity contribution < 1.29 is 14.7 Å². The van der Waals surface area contributed by atoms with Crippen molar-refractivity contribution >= 4 is 23.8 Å². The van der Waals surface area contributed by atoms with Crippen LogP contribution in [0.2, 0.25) is 0 Å². The number of urea groups is 1. The Hall–Kier alpha value is -1.76. The molecule has 0 aliphatic carbocycles. The van der Waals surface area contributed by atoms with Gasteiger partial charge in [-0.1, -0.05) is 6.07 Å². The Bertz CT molecular complexity index is 523. The second-order valence-corrected chi connectivity index (χ2v) is 5.73. The lowest BCUT2D eigenvalue weighted by Gasteiger charge is -2.26. The fourth-order valence-electron chi connectivity index (χ4n) is 2.05. The molecule has 2 heterocycles. The summed E-state index contributed by atoms with van der Waals surface area (Å²) >= 11 is 1.46. The summed E-state index contributed by atoms with van der Waals surface area (Å²) in [6.07, 6.45) is 0. The van der Waals surface area contributed by atoms with Crippen LogP contribution in [0.15, 0.2) is 18.2 Å². The van der Waals surface area contributed by atoms with Crippen molar-refractivity contribution in [2.24, 2.45) is 0 Å². The zero-order chi connectivity index (χ0) is 14.7. The van der Waals surface area contributed by atoms with Crippen molar-refractivity contribution in [3.05, 3.63) is 29.6 Å². The number of nitrogens with zero attached hydrogens (tertiary/aromatic N) is 3. The van der Waals surface area contributed by atoms with E-state index < -0.39 is 12.0 Å². The summed E-state index contributed by atoms with van der Waals surface area (Å²) in [7, 11) is 1.66. The van der Waals surface area contributed by atoms with E-state index in [2.05, 4.69) is 4.98 Å². The van der Waals surface area contributed by atoms with Crippen LogP contribution in [0.5, 0.6) is 0 Å². The van der Waals surface area contributed by atoms with Crippen molar-refractivity contribution in [3.8, 4) is 0 Å². The third-order valence-electron chi connectivity index (χ3n) is 3.08. The maximum Gasteiger partial charge on any atom is 0.327 e. The molecule has 108 valence electrons. The molecule has 1 saturated heterocycles. The summed E-state index contributed by atoms with van der Waals surface area (Å²) in [5.41, 5.74) is 1.68. The Kier molecular flexibility index (Phi) is 4.49. The Morgan fingerprint density at radius 2 is 2.30 bits per heavy atom. The number of hydrogen-bond acceptors (Lipinski definition) is 4. The van der Waals surface area contributed by atoms with E-state index in [4.69, 9.17) is 5.11 Å².